The van der Waals surface area contributed by atoms with Crippen molar-refractivity contribution >= 4 is 17.9 Å². The SMILES string of the molecule is C[N+](C)(CCCN(CC(=O)O)CC(=O)O)CC(=O)O. The van der Waals surface area contributed by atoms with Crippen molar-refractivity contribution in [2.45, 2.75) is 6.42 Å². The Morgan fingerprint density at radius 2 is 1.42 bits per heavy atom. The van der Waals surface area contributed by atoms with Gasteiger partial charge in [-0.05, 0) is 0 Å². The fourth-order valence-electron chi connectivity index (χ4n) is 1.76. The number of hydrogen-bond donors (Lipinski definition) is 3. The van der Waals surface area contributed by atoms with E-state index in [1.54, 1.807) is 14.1 Å². The molecule has 0 atom stereocenters. The molecule has 0 radical (unpaired) electrons. The largest absolute Gasteiger partial charge is 0.480 e. The molecule has 8 heteroatoms. The summed E-state index contributed by atoms with van der Waals surface area (Å²) in [6, 6.07) is 0. The molecule has 0 aliphatic heterocycles. The highest BCUT2D eigenvalue weighted by Crippen LogP contribution is 2.01. The fraction of sp³-hybridized carbons (Fsp3) is 0.727. The van der Waals surface area contributed by atoms with E-state index in [1.165, 1.54) is 4.90 Å². The van der Waals surface area contributed by atoms with Gasteiger partial charge < -0.3 is 19.8 Å². The highest BCUT2D eigenvalue weighted by Gasteiger charge is 2.20. The smallest absolute Gasteiger partial charge is 0.359 e. The van der Waals surface area contributed by atoms with Gasteiger partial charge in [-0.25, -0.2) is 4.79 Å². The zero-order chi connectivity index (χ0) is 15.1. The van der Waals surface area contributed by atoms with Crippen molar-refractivity contribution in [3.63, 3.8) is 0 Å². The van der Waals surface area contributed by atoms with Crippen LogP contribution in [0.3, 0.4) is 0 Å². The summed E-state index contributed by atoms with van der Waals surface area (Å²) in [5.74, 6) is -3.07. The highest BCUT2D eigenvalue weighted by molar-refractivity contribution is 5.72. The van der Waals surface area contributed by atoms with Crippen LogP contribution in [0.4, 0.5) is 0 Å². The number of hydrogen-bond acceptors (Lipinski definition) is 4. The van der Waals surface area contributed by atoms with Crippen molar-refractivity contribution in [2.24, 2.45) is 0 Å². The second-order valence-corrected chi connectivity index (χ2v) is 5.06. The quantitative estimate of drug-likeness (QED) is 0.439. The molecule has 110 valence electrons. The van der Waals surface area contributed by atoms with Crippen LogP contribution in [0.1, 0.15) is 6.42 Å². The third-order valence-electron chi connectivity index (χ3n) is 2.52. The standard InChI is InChI=1S/C11H20N2O6/c1-13(2,8-11(18)19)5-3-4-12(6-9(14)15)7-10(16)17/h3-8H2,1-2H3,(H2-,14,15,16,17,18,19)/p+1. The minimum Gasteiger partial charge on any atom is -0.480 e. The van der Waals surface area contributed by atoms with Gasteiger partial charge in [0.2, 0.25) is 0 Å². The molecule has 0 aliphatic carbocycles. The lowest BCUT2D eigenvalue weighted by atomic mass is 10.3. The van der Waals surface area contributed by atoms with Crippen LogP contribution in [0.15, 0.2) is 0 Å². The minimum atomic E-state index is -1.08. The van der Waals surface area contributed by atoms with E-state index in [1.807, 2.05) is 0 Å². The van der Waals surface area contributed by atoms with E-state index in [0.717, 1.165) is 0 Å². The van der Waals surface area contributed by atoms with E-state index in [0.29, 0.717) is 19.5 Å². The Bertz CT molecular complexity index is 326. The summed E-state index contributed by atoms with van der Waals surface area (Å²) >= 11 is 0. The Morgan fingerprint density at radius 1 is 0.947 bits per heavy atom. The Morgan fingerprint density at radius 3 is 1.79 bits per heavy atom. The number of aliphatic carboxylic acids is 3. The maximum absolute atomic E-state index is 10.6. The van der Waals surface area contributed by atoms with Gasteiger partial charge >= 0.3 is 17.9 Å². The summed E-state index contributed by atoms with van der Waals surface area (Å²) in [7, 11) is 3.51. The van der Waals surface area contributed by atoms with Gasteiger partial charge in [-0.15, -0.1) is 0 Å². The van der Waals surface area contributed by atoms with Crippen molar-refractivity contribution in [3.8, 4) is 0 Å². The van der Waals surface area contributed by atoms with E-state index in [4.69, 9.17) is 15.3 Å². The van der Waals surface area contributed by atoms with E-state index in [9.17, 15) is 14.4 Å². The average Bonchev–Trinajstić information content (AvgIpc) is 2.11. The molecule has 8 nitrogen and oxygen atoms in total. The topological polar surface area (TPSA) is 115 Å². The third kappa shape index (κ3) is 9.98. The molecule has 0 bridgehead atoms. The third-order valence-corrected chi connectivity index (χ3v) is 2.52. The molecule has 3 N–H and O–H groups in total. The van der Waals surface area contributed by atoms with Gasteiger partial charge in [0, 0.05) is 13.0 Å². The van der Waals surface area contributed by atoms with Crippen LogP contribution in [0.5, 0.6) is 0 Å². The maximum Gasteiger partial charge on any atom is 0.359 e. The number of rotatable bonds is 10. The van der Waals surface area contributed by atoms with Gasteiger partial charge in [0.15, 0.2) is 6.54 Å². The first-order valence-corrected chi connectivity index (χ1v) is 5.82. The van der Waals surface area contributed by atoms with Crippen LogP contribution in [0.2, 0.25) is 0 Å². The van der Waals surface area contributed by atoms with Crippen molar-refractivity contribution in [2.75, 3.05) is 46.8 Å². The number of carboxylic acid groups (broad SMARTS) is 3. The normalized spacial score (nSPS) is 11.5. The summed E-state index contributed by atoms with van der Waals surface area (Å²) in [6.07, 6.45) is 0.529. The molecule has 0 aromatic heterocycles. The Kier molecular flexibility index (Phi) is 7.02. The first kappa shape index (κ1) is 17.3. The maximum atomic E-state index is 10.6. The predicted molar refractivity (Wildman–Crippen MR) is 65.8 cm³/mol. The van der Waals surface area contributed by atoms with Crippen LogP contribution in [-0.2, 0) is 14.4 Å². The molecule has 0 fully saturated rings. The van der Waals surface area contributed by atoms with E-state index in [-0.39, 0.29) is 24.1 Å². The molecular weight excluding hydrogens is 256 g/mol. The second kappa shape index (κ2) is 7.70. The first-order chi connectivity index (χ1) is 8.62. The molecule has 0 aromatic carbocycles. The fourth-order valence-corrected chi connectivity index (χ4v) is 1.76. The summed E-state index contributed by atoms with van der Waals surface area (Å²) in [5.41, 5.74) is 0. The number of carbonyl (C=O) groups is 3. The summed E-state index contributed by atoms with van der Waals surface area (Å²) < 4.78 is 0.267. The molecule has 0 saturated heterocycles. The predicted octanol–water partition coefficient (Wildman–Crippen LogP) is -0.991. The van der Waals surface area contributed by atoms with Crippen LogP contribution < -0.4 is 0 Å². The van der Waals surface area contributed by atoms with Crippen molar-refractivity contribution in [3.05, 3.63) is 0 Å². The Balaban J connectivity index is 4.20. The summed E-state index contributed by atoms with van der Waals surface area (Å²) in [6.45, 7) is 0.136. The lowest BCUT2D eigenvalue weighted by Crippen LogP contribution is -2.46. The molecule has 0 aliphatic rings. The Labute approximate surface area is 111 Å². The van der Waals surface area contributed by atoms with Gasteiger partial charge in [-0.3, -0.25) is 14.5 Å². The van der Waals surface area contributed by atoms with Crippen molar-refractivity contribution < 1.29 is 34.2 Å². The second-order valence-electron chi connectivity index (χ2n) is 5.06. The molecule has 19 heavy (non-hydrogen) atoms. The summed E-state index contributed by atoms with van der Waals surface area (Å²) in [4.78, 5) is 33.1. The highest BCUT2D eigenvalue weighted by atomic mass is 16.4. The molecule has 0 aromatic rings. The Hall–Kier alpha value is -1.67. The molecule has 0 saturated carbocycles. The minimum absolute atomic E-state index is 0.0299. The summed E-state index contributed by atoms with van der Waals surface area (Å²) in [5, 5.41) is 26.0. The lowest BCUT2D eigenvalue weighted by Gasteiger charge is -2.28. The number of likely N-dealkylation sites (N-methyl/N-ethyl adjacent to an activating group) is 1. The van der Waals surface area contributed by atoms with E-state index in [2.05, 4.69) is 0 Å². The number of carboxylic acids is 3. The van der Waals surface area contributed by atoms with Gasteiger partial charge in [0.25, 0.3) is 0 Å². The molecule has 0 unspecified atom stereocenters. The van der Waals surface area contributed by atoms with Crippen LogP contribution in [-0.4, -0.2) is 89.4 Å². The van der Waals surface area contributed by atoms with Crippen molar-refractivity contribution in [1.82, 2.24) is 4.90 Å². The lowest BCUT2D eigenvalue weighted by molar-refractivity contribution is -0.883. The van der Waals surface area contributed by atoms with Crippen LogP contribution >= 0.6 is 0 Å². The zero-order valence-corrected chi connectivity index (χ0v) is 11.2. The number of nitrogens with zero attached hydrogens (tertiary/aromatic N) is 2. The van der Waals surface area contributed by atoms with Crippen LogP contribution in [0.25, 0.3) is 0 Å². The van der Waals surface area contributed by atoms with Crippen molar-refractivity contribution in [1.29, 1.82) is 0 Å². The van der Waals surface area contributed by atoms with Gasteiger partial charge in [0.05, 0.1) is 33.7 Å². The molecule has 0 amide bonds. The van der Waals surface area contributed by atoms with Gasteiger partial charge in [-0.1, -0.05) is 0 Å². The molecule has 0 heterocycles. The van der Waals surface area contributed by atoms with Crippen LogP contribution in [0, 0.1) is 0 Å². The van der Waals surface area contributed by atoms with Gasteiger partial charge in [-0.2, -0.15) is 0 Å². The first-order valence-electron chi connectivity index (χ1n) is 5.82. The molecular formula is C11H21N2O6+. The number of quaternary nitrogens is 1. The van der Waals surface area contributed by atoms with Gasteiger partial charge in [0.1, 0.15) is 0 Å². The molecule has 0 rings (SSSR count). The zero-order valence-electron chi connectivity index (χ0n) is 11.2. The average molecular weight is 277 g/mol. The van der Waals surface area contributed by atoms with E-state index >= 15 is 0 Å². The van der Waals surface area contributed by atoms with E-state index < -0.39 is 17.9 Å². The monoisotopic (exact) mass is 277 g/mol. The molecule has 0 spiro atoms.